The van der Waals surface area contributed by atoms with Crippen LogP contribution in [0.2, 0.25) is 0 Å². The lowest BCUT2D eigenvalue weighted by Crippen LogP contribution is -2.15. The van der Waals surface area contributed by atoms with Crippen molar-refractivity contribution in [1.82, 2.24) is 0 Å². The van der Waals surface area contributed by atoms with E-state index in [9.17, 15) is 25.3 Å². The maximum atomic E-state index is 11.0. The molecular formula is C6H7NO9S3. The van der Waals surface area contributed by atoms with E-state index in [4.69, 9.17) is 19.4 Å². The quantitative estimate of drug-likeness (QED) is 0.394. The Morgan fingerprint density at radius 3 is 1.26 bits per heavy atom. The van der Waals surface area contributed by atoms with Crippen molar-refractivity contribution in [2.75, 3.05) is 5.73 Å². The van der Waals surface area contributed by atoms with Gasteiger partial charge in [-0.05, 0) is 12.1 Å². The van der Waals surface area contributed by atoms with Crippen LogP contribution in [0.4, 0.5) is 5.69 Å². The number of hydrogen-bond acceptors (Lipinski definition) is 7. The largest absolute Gasteiger partial charge is 0.399 e. The standard InChI is InChI=1S/C6H7NO9S3/c7-3-1-4(17(8,9)10)6(19(14,15)16)5(2-3)18(11,12)13/h1-2H,7H2,(H,8,9,10)(H,11,12,13)(H,14,15,16). The normalized spacial score (nSPS) is 13.4. The van der Waals surface area contributed by atoms with E-state index in [1.165, 1.54) is 0 Å². The van der Waals surface area contributed by atoms with E-state index in [-0.39, 0.29) is 0 Å². The molecule has 0 unspecified atom stereocenters. The maximum absolute atomic E-state index is 11.0. The second-order valence-corrected chi connectivity index (χ2v) is 7.41. The van der Waals surface area contributed by atoms with Gasteiger partial charge in [-0.25, -0.2) is 0 Å². The Labute approximate surface area is 108 Å². The topological polar surface area (TPSA) is 189 Å². The lowest BCUT2D eigenvalue weighted by atomic mass is 10.3. The Bertz CT molecular complexity index is 781. The maximum Gasteiger partial charge on any atom is 0.297 e. The summed E-state index contributed by atoms with van der Waals surface area (Å²) in [5.74, 6) is 0. The molecule has 1 aromatic rings. The fourth-order valence-electron chi connectivity index (χ4n) is 1.23. The highest BCUT2D eigenvalue weighted by Crippen LogP contribution is 2.30. The average molecular weight is 333 g/mol. The number of nitrogens with two attached hydrogens (primary N) is 1. The molecule has 0 saturated carbocycles. The van der Waals surface area contributed by atoms with E-state index in [0.29, 0.717) is 12.1 Å². The van der Waals surface area contributed by atoms with Crippen molar-refractivity contribution >= 4 is 36.0 Å². The molecule has 0 aromatic heterocycles. The van der Waals surface area contributed by atoms with Crippen LogP contribution in [0, 0.1) is 0 Å². The molecule has 0 atom stereocenters. The van der Waals surface area contributed by atoms with Crippen LogP contribution in [0.1, 0.15) is 0 Å². The Morgan fingerprint density at radius 2 is 1.05 bits per heavy atom. The van der Waals surface area contributed by atoms with Crippen LogP contribution in [0.15, 0.2) is 26.8 Å². The van der Waals surface area contributed by atoms with Crippen LogP contribution in [-0.2, 0) is 30.4 Å². The minimum absolute atomic E-state index is 0.410. The molecule has 0 aliphatic rings. The molecule has 0 bridgehead atoms. The van der Waals surface area contributed by atoms with Crippen LogP contribution in [0.5, 0.6) is 0 Å². The van der Waals surface area contributed by atoms with Crippen molar-refractivity contribution in [2.24, 2.45) is 0 Å². The summed E-state index contributed by atoms with van der Waals surface area (Å²) >= 11 is 0. The first-order valence-corrected chi connectivity index (χ1v) is 8.42. The second kappa shape index (κ2) is 4.39. The first kappa shape index (κ1) is 15.8. The highest BCUT2D eigenvalue weighted by Gasteiger charge is 2.32. The summed E-state index contributed by atoms with van der Waals surface area (Å²) in [5, 5.41) is 0. The van der Waals surface area contributed by atoms with E-state index >= 15 is 0 Å². The van der Waals surface area contributed by atoms with E-state index < -0.39 is 50.7 Å². The summed E-state index contributed by atoms with van der Waals surface area (Å²) in [4.78, 5) is -4.63. The summed E-state index contributed by atoms with van der Waals surface area (Å²) in [6.07, 6.45) is 0. The third kappa shape index (κ3) is 3.40. The molecule has 0 amide bonds. The first-order valence-electron chi connectivity index (χ1n) is 4.10. The summed E-state index contributed by atoms with van der Waals surface area (Å²) in [6.45, 7) is 0. The van der Waals surface area contributed by atoms with Crippen LogP contribution >= 0.6 is 0 Å². The SMILES string of the molecule is Nc1cc(S(=O)(=O)O)c(S(=O)(=O)O)c(S(=O)(=O)O)c1. The molecule has 13 heteroatoms. The first-order chi connectivity index (χ1) is 8.24. The molecule has 0 saturated heterocycles. The molecule has 19 heavy (non-hydrogen) atoms. The summed E-state index contributed by atoms with van der Waals surface area (Å²) in [5.41, 5.74) is 4.56. The average Bonchev–Trinajstić information content (AvgIpc) is 2.11. The van der Waals surface area contributed by atoms with Gasteiger partial charge in [0, 0.05) is 5.69 Å². The number of anilines is 1. The Kier molecular flexibility index (Phi) is 3.66. The zero-order valence-electron chi connectivity index (χ0n) is 8.75. The van der Waals surface area contributed by atoms with Gasteiger partial charge in [0.25, 0.3) is 30.4 Å². The van der Waals surface area contributed by atoms with Gasteiger partial charge in [-0.1, -0.05) is 0 Å². The summed E-state index contributed by atoms with van der Waals surface area (Å²) in [6, 6.07) is 0.820. The number of rotatable bonds is 3. The van der Waals surface area contributed by atoms with Gasteiger partial charge in [-0.15, -0.1) is 0 Å². The molecule has 1 aromatic carbocycles. The third-order valence-electron chi connectivity index (χ3n) is 1.86. The predicted octanol–water partition coefficient (Wildman–Crippen LogP) is -0.991. The van der Waals surface area contributed by atoms with Gasteiger partial charge < -0.3 is 5.73 Å². The lowest BCUT2D eigenvalue weighted by Gasteiger charge is -2.09. The van der Waals surface area contributed by atoms with Crippen molar-refractivity contribution in [3.05, 3.63) is 12.1 Å². The molecule has 0 aliphatic heterocycles. The fraction of sp³-hybridized carbons (Fsp3) is 0. The van der Waals surface area contributed by atoms with E-state index in [2.05, 4.69) is 0 Å². The molecule has 0 fully saturated rings. The second-order valence-electron chi connectivity index (χ2n) is 3.27. The van der Waals surface area contributed by atoms with E-state index in [1.54, 1.807) is 0 Å². The Morgan fingerprint density at radius 1 is 0.737 bits per heavy atom. The molecule has 0 heterocycles. The third-order valence-corrected chi connectivity index (χ3v) is 4.83. The zero-order valence-corrected chi connectivity index (χ0v) is 11.2. The Hall–Kier alpha value is -1.25. The smallest absolute Gasteiger partial charge is 0.297 e. The van der Waals surface area contributed by atoms with Gasteiger partial charge >= 0.3 is 0 Å². The van der Waals surface area contributed by atoms with Crippen molar-refractivity contribution in [2.45, 2.75) is 14.7 Å². The van der Waals surface area contributed by atoms with Crippen LogP contribution in [-0.4, -0.2) is 38.9 Å². The summed E-state index contributed by atoms with van der Waals surface area (Å²) < 4.78 is 92.5. The molecule has 10 nitrogen and oxygen atoms in total. The molecule has 0 aliphatic carbocycles. The molecule has 0 spiro atoms. The van der Waals surface area contributed by atoms with Crippen LogP contribution in [0.25, 0.3) is 0 Å². The fourth-order valence-corrected chi connectivity index (χ4v) is 4.45. The van der Waals surface area contributed by atoms with E-state index in [0.717, 1.165) is 0 Å². The van der Waals surface area contributed by atoms with Crippen LogP contribution in [0.3, 0.4) is 0 Å². The van der Waals surface area contributed by atoms with Crippen molar-refractivity contribution in [3.8, 4) is 0 Å². The highest BCUT2D eigenvalue weighted by molar-refractivity contribution is 7.90. The van der Waals surface area contributed by atoms with Crippen molar-refractivity contribution in [1.29, 1.82) is 0 Å². The van der Waals surface area contributed by atoms with Gasteiger partial charge in [-0.3, -0.25) is 13.7 Å². The molecule has 0 radical (unpaired) electrons. The number of hydrogen-bond donors (Lipinski definition) is 4. The van der Waals surface area contributed by atoms with Crippen molar-refractivity contribution in [3.63, 3.8) is 0 Å². The summed E-state index contributed by atoms with van der Waals surface area (Å²) in [7, 11) is -15.8. The molecule has 108 valence electrons. The minimum Gasteiger partial charge on any atom is -0.399 e. The zero-order chi connectivity index (χ0) is 15.2. The van der Waals surface area contributed by atoms with E-state index in [1.807, 2.05) is 0 Å². The molecule has 1 rings (SSSR count). The van der Waals surface area contributed by atoms with Crippen LogP contribution < -0.4 is 5.73 Å². The monoisotopic (exact) mass is 333 g/mol. The minimum atomic E-state index is -5.38. The van der Waals surface area contributed by atoms with Gasteiger partial charge in [0.2, 0.25) is 0 Å². The molecular weight excluding hydrogens is 326 g/mol. The highest BCUT2D eigenvalue weighted by atomic mass is 32.2. The number of nitrogen functional groups attached to an aromatic ring is 1. The van der Waals surface area contributed by atoms with Crippen molar-refractivity contribution < 1.29 is 38.9 Å². The lowest BCUT2D eigenvalue weighted by molar-refractivity contribution is 0.456. The van der Waals surface area contributed by atoms with Gasteiger partial charge in [0.1, 0.15) is 14.7 Å². The Balaban J connectivity index is 4.15. The van der Waals surface area contributed by atoms with Gasteiger partial charge in [-0.2, -0.15) is 25.3 Å². The van der Waals surface area contributed by atoms with Gasteiger partial charge in [0.15, 0.2) is 0 Å². The predicted molar refractivity (Wildman–Crippen MR) is 60.3 cm³/mol. The molecule has 5 N–H and O–H groups in total. The number of benzene rings is 1. The van der Waals surface area contributed by atoms with Gasteiger partial charge in [0.05, 0.1) is 0 Å².